The third kappa shape index (κ3) is 1.10. The minimum atomic E-state index is -0.361. The van der Waals surface area contributed by atoms with Crippen molar-refractivity contribution in [3.63, 3.8) is 0 Å². The van der Waals surface area contributed by atoms with Crippen LogP contribution in [0.4, 0.5) is 0 Å². The Hall–Kier alpha value is -2.04. The summed E-state index contributed by atoms with van der Waals surface area (Å²) in [4.78, 5) is 12.2. The quantitative estimate of drug-likeness (QED) is 0.571. The molecule has 2 aromatic rings. The molecule has 0 N–H and O–H groups in total. The van der Waals surface area contributed by atoms with Crippen LogP contribution in [-0.2, 0) is 4.53 Å². The average molecular weight is 176 g/mol. The number of nitrogens with zero attached hydrogens (tertiary/aromatic N) is 3. The van der Waals surface area contributed by atoms with Crippen molar-refractivity contribution in [1.29, 1.82) is 0 Å². The molecule has 0 spiro atoms. The molecule has 0 saturated carbocycles. The molecule has 0 aliphatic carbocycles. The Morgan fingerprint density at radius 2 is 2.15 bits per heavy atom. The van der Waals surface area contributed by atoms with E-state index in [4.69, 9.17) is 0 Å². The summed E-state index contributed by atoms with van der Waals surface area (Å²) in [6.45, 7) is 3.08. The van der Waals surface area contributed by atoms with Crippen molar-refractivity contribution in [2.24, 2.45) is 0 Å². The zero-order valence-corrected chi connectivity index (χ0v) is 6.67. The van der Waals surface area contributed by atoms with Crippen LogP contribution in [-0.4, -0.2) is 21.9 Å². The maximum absolute atomic E-state index is 11.5. The molecule has 13 heavy (non-hydrogen) atoms. The third-order valence-electron chi connectivity index (χ3n) is 1.66. The van der Waals surface area contributed by atoms with Gasteiger partial charge in [-0.2, -0.15) is 0 Å². The smallest absolute Gasteiger partial charge is 0.258 e. The Balaban J connectivity index is 2.95. The monoisotopic (exact) mass is 176 g/mol. The summed E-state index contributed by atoms with van der Waals surface area (Å²) in [5.74, 6) is 0. The van der Waals surface area contributed by atoms with Crippen molar-refractivity contribution in [3.8, 4) is 0 Å². The van der Waals surface area contributed by atoms with Gasteiger partial charge in [0, 0.05) is 5.21 Å². The van der Waals surface area contributed by atoms with Gasteiger partial charge < -0.3 is 0 Å². The molecule has 0 bridgehead atoms. The average Bonchev–Trinajstić information content (AvgIpc) is 2.19. The lowest BCUT2D eigenvalue weighted by Crippen LogP contribution is -2.22. The van der Waals surface area contributed by atoms with Crippen LogP contribution in [0.15, 0.2) is 29.1 Å². The zero-order chi connectivity index (χ0) is 9.26. The van der Waals surface area contributed by atoms with E-state index in [9.17, 15) is 4.79 Å². The van der Waals surface area contributed by atoms with Gasteiger partial charge in [0.25, 0.3) is 0 Å². The molecule has 1 aromatic heterocycles. The van der Waals surface area contributed by atoms with E-state index in [1.165, 1.54) is 0 Å². The van der Waals surface area contributed by atoms with Gasteiger partial charge in [-0.25, -0.2) is 0 Å². The van der Waals surface area contributed by atoms with E-state index in [0.29, 0.717) is 10.9 Å². The van der Waals surface area contributed by atoms with Crippen LogP contribution in [0, 0.1) is 0 Å². The Bertz CT molecular complexity index is 518. The number of hydrogen-bond donors (Lipinski definition) is 0. The minimum Gasteiger partial charge on any atom is -0.258 e. The minimum absolute atomic E-state index is 0.361. The van der Waals surface area contributed by atoms with E-state index < -0.39 is 0 Å². The first kappa shape index (κ1) is 7.60. The highest BCUT2D eigenvalue weighted by Crippen LogP contribution is 2.02. The van der Waals surface area contributed by atoms with Crippen molar-refractivity contribution in [2.75, 3.05) is 0 Å². The predicted octanol–water partition coefficient (Wildman–Crippen LogP) is -0.0810. The number of fused-ring (bicyclic) bond motifs is 1. The third-order valence-corrected chi connectivity index (χ3v) is 1.66. The Morgan fingerprint density at radius 3 is 2.92 bits per heavy atom. The van der Waals surface area contributed by atoms with Gasteiger partial charge in [0.1, 0.15) is 5.52 Å². The lowest BCUT2D eigenvalue weighted by molar-refractivity contribution is -0.531. The lowest BCUT2D eigenvalue weighted by Gasteiger charge is -1.90. The molecular formula is C8H6N3O2+. The van der Waals surface area contributed by atoms with E-state index in [1.807, 2.05) is 0 Å². The van der Waals surface area contributed by atoms with Crippen LogP contribution in [0.2, 0.25) is 0 Å². The molecular weight excluding hydrogens is 170 g/mol. The predicted molar refractivity (Wildman–Crippen MR) is 46.3 cm³/mol. The number of carbonyl (C=O) groups excluding carboxylic acids is 1. The molecule has 0 fully saturated rings. The molecule has 0 aliphatic rings. The van der Waals surface area contributed by atoms with Crippen LogP contribution in [0.5, 0.6) is 0 Å². The first-order chi connectivity index (χ1) is 6.33. The number of aromatic nitrogens is 3. The highest BCUT2D eigenvalue weighted by molar-refractivity contribution is 5.76. The van der Waals surface area contributed by atoms with Crippen LogP contribution in [0.3, 0.4) is 0 Å². The summed E-state index contributed by atoms with van der Waals surface area (Å²) in [5, 5.41) is 7.71. The van der Waals surface area contributed by atoms with Crippen LogP contribution in [0.25, 0.3) is 10.9 Å². The SMILES string of the molecule is C=[O+]n1nnc2ccccc2c1=O. The molecule has 5 heteroatoms. The zero-order valence-electron chi connectivity index (χ0n) is 6.67. The van der Waals surface area contributed by atoms with Crippen molar-refractivity contribution in [2.45, 2.75) is 0 Å². The summed E-state index contributed by atoms with van der Waals surface area (Å²) in [6, 6.07) is 6.89. The van der Waals surface area contributed by atoms with E-state index in [1.54, 1.807) is 24.3 Å². The maximum Gasteiger partial charge on any atom is 0.369 e. The second kappa shape index (κ2) is 2.78. The fourth-order valence-electron chi connectivity index (χ4n) is 1.06. The number of rotatable bonds is 1. The van der Waals surface area contributed by atoms with Gasteiger partial charge in [0.15, 0.2) is 4.85 Å². The Labute approximate surface area is 72.9 Å². The maximum atomic E-state index is 11.5. The normalized spacial score (nSPS) is 10.2. The molecule has 5 nitrogen and oxygen atoms in total. The van der Waals surface area contributed by atoms with Gasteiger partial charge in [0.2, 0.25) is 0 Å². The van der Waals surface area contributed by atoms with Crippen molar-refractivity contribution >= 4 is 17.7 Å². The number of benzene rings is 1. The van der Waals surface area contributed by atoms with Crippen LogP contribution >= 0.6 is 0 Å². The molecule has 0 amide bonds. The van der Waals surface area contributed by atoms with Gasteiger partial charge in [0.05, 0.1) is 5.39 Å². The van der Waals surface area contributed by atoms with E-state index in [2.05, 4.69) is 21.6 Å². The van der Waals surface area contributed by atoms with E-state index >= 15 is 0 Å². The van der Waals surface area contributed by atoms with Crippen molar-refractivity contribution in [3.05, 3.63) is 34.6 Å². The molecule has 0 atom stereocenters. The summed E-state index contributed by atoms with van der Waals surface area (Å²) >= 11 is 0. The van der Waals surface area contributed by atoms with Gasteiger partial charge in [-0.3, -0.25) is 4.79 Å². The molecule has 64 valence electrons. The highest BCUT2D eigenvalue weighted by atomic mass is 16.6. The largest absolute Gasteiger partial charge is 0.369 e. The Kier molecular flexibility index (Phi) is 1.63. The van der Waals surface area contributed by atoms with Crippen molar-refractivity contribution in [1.82, 2.24) is 15.2 Å². The van der Waals surface area contributed by atoms with Gasteiger partial charge in [-0.05, 0) is 12.1 Å². The molecule has 1 heterocycles. The first-order valence-electron chi connectivity index (χ1n) is 3.60. The molecule has 1 aromatic carbocycles. The second-order valence-electron chi connectivity index (χ2n) is 2.41. The first-order valence-corrected chi connectivity index (χ1v) is 3.60. The fourth-order valence-corrected chi connectivity index (χ4v) is 1.06. The highest BCUT2D eigenvalue weighted by Gasteiger charge is 2.08. The topological polar surface area (TPSA) is 59.1 Å². The fraction of sp³-hybridized carbons (Fsp3) is 0. The standard InChI is InChI=1S/C8H6N3O2/c1-13-11-8(12)6-4-2-3-5-7(6)9-10-11/h2-5H,1H2/q+1. The van der Waals surface area contributed by atoms with E-state index in [0.717, 1.165) is 4.85 Å². The van der Waals surface area contributed by atoms with Gasteiger partial charge >= 0.3 is 12.3 Å². The van der Waals surface area contributed by atoms with Gasteiger partial charge in [-0.1, -0.05) is 16.7 Å². The molecule has 2 rings (SSSR count). The van der Waals surface area contributed by atoms with Crippen molar-refractivity contribution < 1.29 is 4.53 Å². The molecule has 0 unspecified atom stereocenters. The van der Waals surface area contributed by atoms with Crippen LogP contribution < -0.4 is 5.56 Å². The summed E-state index contributed by atoms with van der Waals surface area (Å²) in [5.41, 5.74) is 0.182. The summed E-state index contributed by atoms with van der Waals surface area (Å²) in [6.07, 6.45) is 0. The summed E-state index contributed by atoms with van der Waals surface area (Å²) < 4.78 is 4.43. The summed E-state index contributed by atoms with van der Waals surface area (Å²) in [7, 11) is 0. The number of hydrogen-bond acceptors (Lipinski definition) is 3. The van der Waals surface area contributed by atoms with Crippen LogP contribution in [0.1, 0.15) is 0 Å². The van der Waals surface area contributed by atoms with E-state index in [-0.39, 0.29) is 5.56 Å². The Morgan fingerprint density at radius 1 is 1.38 bits per heavy atom. The second-order valence-corrected chi connectivity index (χ2v) is 2.41. The lowest BCUT2D eigenvalue weighted by atomic mass is 10.2. The van der Waals surface area contributed by atoms with Gasteiger partial charge in [-0.15, -0.1) is 5.10 Å². The molecule has 0 aliphatic heterocycles. The molecule has 0 saturated heterocycles. The molecule has 0 radical (unpaired) electrons.